The predicted molar refractivity (Wildman–Crippen MR) is 152 cm³/mol. The number of hydrogen-bond donors (Lipinski definition) is 3. The molecule has 5 rings (SSSR count). The van der Waals surface area contributed by atoms with Crippen molar-refractivity contribution in [1.29, 1.82) is 0 Å². The maximum absolute atomic E-state index is 12.9. The van der Waals surface area contributed by atoms with Crippen LogP contribution < -0.4 is 20.3 Å². The molecule has 3 aromatic carbocycles. The highest BCUT2D eigenvalue weighted by Gasteiger charge is 2.17. The number of fused-ring (bicyclic) bond motifs is 1. The van der Waals surface area contributed by atoms with Gasteiger partial charge in [0.2, 0.25) is 0 Å². The summed E-state index contributed by atoms with van der Waals surface area (Å²) < 4.78 is 6.03. The Kier molecular flexibility index (Phi) is 8.00. The average Bonchev–Trinajstić information content (AvgIpc) is 2.97. The number of carbonyl (C=O) groups excluding carboxylic acids is 2. The number of nitrogens with zero attached hydrogens (tertiary/aromatic N) is 3. The maximum atomic E-state index is 12.9. The van der Waals surface area contributed by atoms with Crippen LogP contribution in [0.5, 0.6) is 11.5 Å². The molecule has 4 aromatic rings. The van der Waals surface area contributed by atoms with Gasteiger partial charge in [0.05, 0.1) is 6.61 Å². The van der Waals surface area contributed by atoms with Gasteiger partial charge in [-0.15, -0.1) is 0 Å². The lowest BCUT2D eigenvalue weighted by Crippen LogP contribution is -2.47. The summed E-state index contributed by atoms with van der Waals surface area (Å²) in [5.41, 5.74) is 2.21. The first-order chi connectivity index (χ1) is 19.0. The van der Waals surface area contributed by atoms with E-state index in [0.717, 1.165) is 42.6 Å². The number of aliphatic hydroxyl groups is 1. The van der Waals surface area contributed by atoms with E-state index in [1.54, 1.807) is 31.4 Å². The summed E-state index contributed by atoms with van der Waals surface area (Å²) in [5, 5.41) is 16.3. The molecule has 1 aliphatic rings. The van der Waals surface area contributed by atoms with E-state index in [1.807, 2.05) is 54.6 Å². The number of rotatable bonds is 8. The first-order valence-corrected chi connectivity index (χ1v) is 12.9. The summed E-state index contributed by atoms with van der Waals surface area (Å²) in [5.74, 6) is 1.11. The quantitative estimate of drug-likeness (QED) is 0.322. The molecule has 200 valence electrons. The second-order valence-corrected chi connectivity index (χ2v) is 9.30. The number of carbonyl (C=O) groups is 2. The Morgan fingerprint density at radius 1 is 0.923 bits per heavy atom. The zero-order chi connectivity index (χ0) is 27.2. The van der Waals surface area contributed by atoms with Gasteiger partial charge in [0, 0.05) is 68.8 Å². The molecule has 1 aromatic heterocycles. The molecule has 1 fully saturated rings. The van der Waals surface area contributed by atoms with Crippen molar-refractivity contribution in [2.24, 2.45) is 0 Å². The van der Waals surface area contributed by atoms with Gasteiger partial charge in [-0.2, -0.15) is 0 Å². The molecule has 2 amide bonds. The molecule has 9 nitrogen and oxygen atoms in total. The van der Waals surface area contributed by atoms with Gasteiger partial charge in [0.1, 0.15) is 17.3 Å². The third-order valence-corrected chi connectivity index (χ3v) is 6.82. The van der Waals surface area contributed by atoms with Crippen LogP contribution in [-0.2, 0) is 0 Å². The molecular formula is C30H31N5O4. The number of anilines is 2. The largest absolute Gasteiger partial charge is 0.457 e. The van der Waals surface area contributed by atoms with E-state index >= 15 is 0 Å². The van der Waals surface area contributed by atoms with Crippen molar-refractivity contribution in [1.82, 2.24) is 15.2 Å². The number of hydrogen-bond acceptors (Lipinski definition) is 7. The number of piperazine rings is 1. The van der Waals surface area contributed by atoms with Gasteiger partial charge in [-0.25, -0.2) is 4.98 Å². The summed E-state index contributed by atoms with van der Waals surface area (Å²) in [6.07, 6.45) is 1.58. The number of aliphatic hydroxyl groups excluding tert-OH is 1. The van der Waals surface area contributed by atoms with Crippen molar-refractivity contribution in [3.63, 3.8) is 0 Å². The van der Waals surface area contributed by atoms with Crippen LogP contribution in [0.1, 0.15) is 20.7 Å². The van der Waals surface area contributed by atoms with Crippen molar-refractivity contribution < 1.29 is 19.4 Å². The van der Waals surface area contributed by atoms with Gasteiger partial charge >= 0.3 is 0 Å². The van der Waals surface area contributed by atoms with Crippen molar-refractivity contribution >= 4 is 34.1 Å². The number of nitrogens with one attached hydrogen (secondary N) is 2. The van der Waals surface area contributed by atoms with Crippen LogP contribution in [0, 0.1) is 0 Å². The number of aromatic nitrogens is 1. The molecule has 9 heteroatoms. The predicted octanol–water partition coefficient (Wildman–Crippen LogP) is 3.75. The van der Waals surface area contributed by atoms with E-state index in [0.29, 0.717) is 35.0 Å². The van der Waals surface area contributed by atoms with Gasteiger partial charge in [-0.05, 0) is 65.4 Å². The number of amides is 2. The van der Waals surface area contributed by atoms with Gasteiger partial charge in [-0.3, -0.25) is 14.5 Å². The van der Waals surface area contributed by atoms with Gasteiger partial charge in [-0.1, -0.05) is 12.1 Å². The molecular weight excluding hydrogens is 494 g/mol. The standard InChI is InChI=1S/C30H31N5O4/c1-31-30(38)27-4-2-3-22-19-24(9-10-26(22)27)39-25-11-12-32-28(20-25)33-29(37)21-5-7-23(8-6-21)35-15-13-34(14-16-35)17-18-36/h2-12,19-20,36H,13-18H2,1H3,(H,31,38)(H,32,33,37). The van der Waals surface area contributed by atoms with Crippen LogP contribution in [0.4, 0.5) is 11.5 Å². The monoisotopic (exact) mass is 525 g/mol. The minimum absolute atomic E-state index is 0.143. The fraction of sp³-hybridized carbons (Fsp3) is 0.233. The summed E-state index contributed by atoms with van der Waals surface area (Å²) in [7, 11) is 1.61. The molecule has 1 aliphatic heterocycles. The summed E-state index contributed by atoms with van der Waals surface area (Å²) in [6, 6.07) is 22.0. The van der Waals surface area contributed by atoms with E-state index in [9.17, 15) is 9.59 Å². The van der Waals surface area contributed by atoms with Gasteiger partial charge < -0.3 is 25.4 Å². The van der Waals surface area contributed by atoms with E-state index in [-0.39, 0.29) is 18.4 Å². The minimum Gasteiger partial charge on any atom is -0.457 e. The van der Waals surface area contributed by atoms with Crippen LogP contribution in [-0.4, -0.2) is 73.2 Å². The highest BCUT2D eigenvalue weighted by atomic mass is 16.5. The molecule has 2 heterocycles. The van der Waals surface area contributed by atoms with Crippen molar-refractivity contribution in [2.75, 3.05) is 56.6 Å². The fourth-order valence-electron chi connectivity index (χ4n) is 4.72. The zero-order valence-electron chi connectivity index (χ0n) is 21.8. The Bertz CT molecular complexity index is 1470. The second kappa shape index (κ2) is 11.9. The molecule has 0 atom stereocenters. The first-order valence-electron chi connectivity index (χ1n) is 12.9. The number of pyridine rings is 1. The lowest BCUT2D eigenvalue weighted by atomic mass is 10.0. The third kappa shape index (κ3) is 6.17. The minimum atomic E-state index is -0.258. The summed E-state index contributed by atoms with van der Waals surface area (Å²) >= 11 is 0. The normalized spacial score (nSPS) is 13.7. The average molecular weight is 526 g/mol. The highest BCUT2D eigenvalue weighted by Crippen LogP contribution is 2.28. The SMILES string of the molecule is CNC(=O)c1cccc2cc(Oc3ccnc(NC(=O)c4ccc(N5CCN(CCO)CC5)cc4)c3)ccc12. The van der Waals surface area contributed by atoms with Crippen molar-refractivity contribution in [3.8, 4) is 11.5 Å². The summed E-state index contributed by atoms with van der Waals surface area (Å²) in [6.45, 7) is 4.46. The van der Waals surface area contributed by atoms with Gasteiger partial charge in [0.15, 0.2) is 0 Å². The number of β-amino-alcohol motifs (C(OH)–C–C–N with tert-alkyl or cyclic N) is 1. The fourth-order valence-corrected chi connectivity index (χ4v) is 4.72. The Balaban J connectivity index is 1.22. The third-order valence-electron chi connectivity index (χ3n) is 6.82. The Hall–Kier alpha value is -4.47. The van der Waals surface area contributed by atoms with Gasteiger partial charge in [0.25, 0.3) is 11.8 Å². The lowest BCUT2D eigenvalue weighted by molar-refractivity contribution is 0.0963. The molecule has 1 saturated heterocycles. The molecule has 0 bridgehead atoms. The van der Waals surface area contributed by atoms with Crippen molar-refractivity contribution in [3.05, 3.63) is 90.1 Å². The molecule has 0 saturated carbocycles. The topological polar surface area (TPSA) is 107 Å². The first kappa shape index (κ1) is 26.1. The van der Waals surface area contributed by atoms with Crippen LogP contribution in [0.15, 0.2) is 79.0 Å². The van der Waals surface area contributed by atoms with E-state index in [2.05, 4.69) is 25.4 Å². The zero-order valence-corrected chi connectivity index (χ0v) is 21.8. The number of benzene rings is 3. The Morgan fingerprint density at radius 2 is 1.69 bits per heavy atom. The molecule has 0 radical (unpaired) electrons. The Morgan fingerprint density at radius 3 is 2.44 bits per heavy atom. The molecule has 3 N–H and O–H groups in total. The highest BCUT2D eigenvalue weighted by molar-refractivity contribution is 6.07. The van der Waals surface area contributed by atoms with E-state index in [4.69, 9.17) is 9.84 Å². The molecule has 39 heavy (non-hydrogen) atoms. The second-order valence-electron chi connectivity index (χ2n) is 9.30. The molecule has 0 unspecified atom stereocenters. The maximum Gasteiger partial charge on any atom is 0.256 e. The van der Waals surface area contributed by atoms with Crippen LogP contribution in [0.2, 0.25) is 0 Å². The van der Waals surface area contributed by atoms with Crippen LogP contribution in [0.3, 0.4) is 0 Å². The molecule has 0 aliphatic carbocycles. The number of ether oxygens (including phenoxy) is 1. The Labute approximate surface area is 227 Å². The van der Waals surface area contributed by atoms with E-state index < -0.39 is 0 Å². The van der Waals surface area contributed by atoms with E-state index in [1.165, 1.54) is 0 Å². The van der Waals surface area contributed by atoms with Crippen LogP contribution >= 0.6 is 0 Å². The smallest absolute Gasteiger partial charge is 0.256 e. The van der Waals surface area contributed by atoms with Crippen LogP contribution in [0.25, 0.3) is 10.8 Å². The summed E-state index contributed by atoms with van der Waals surface area (Å²) in [4.78, 5) is 33.8. The lowest BCUT2D eigenvalue weighted by Gasteiger charge is -2.35. The molecule has 0 spiro atoms. The van der Waals surface area contributed by atoms with Crippen molar-refractivity contribution in [2.45, 2.75) is 0 Å².